The van der Waals surface area contributed by atoms with Gasteiger partial charge in [0.2, 0.25) is 0 Å². The topological polar surface area (TPSA) is 62.7 Å². The van der Waals surface area contributed by atoms with Crippen LogP contribution in [-0.4, -0.2) is 23.1 Å². The van der Waals surface area contributed by atoms with E-state index >= 15 is 0 Å². The van der Waals surface area contributed by atoms with Gasteiger partial charge >= 0.3 is 11.7 Å². The maximum absolute atomic E-state index is 10.2. The van der Waals surface area contributed by atoms with Crippen LogP contribution in [0.1, 0.15) is 6.42 Å². The van der Waals surface area contributed by atoms with Crippen LogP contribution in [0.5, 0.6) is 0 Å². The molecule has 8 heavy (non-hydrogen) atoms. The van der Waals surface area contributed by atoms with Crippen molar-refractivity contribution >= 4 is 11.7 Å². The standard InChI is InChI=1S/C4H4N2O2/c5-6-3-1-4(7)8-2-3/h1-2H2. The lowest BCUT2D eigenvalue weighted by Gasteiger charge is -1.78. The molecule has 0 unspecified atom stereocenters. The van der Waals surface area contributed by atoms with Gasteiger partial charge in [0.05, 0.1) is 0 Å². The van der Waals surface area contributed by atoms with Crippen molar-refractivity contribution in [2.75, 3.05) is 6.61 Å². The molecule has 0 aromatic carbocycles. The van der Waals surface area contributed by atoms with Crippen LogP contribution in [0.25, 0.3) is 5.53 Å². The highest BCUT2D eigenvalue weighted by Gasteiger charge is 2.24. The highest BCUT2D eigenvalue weighted by atomic mass is 16.5. The van der Waals surface area contributed by atoms with E-state index < -0.39 is 0 Å². The molecule has 0 aromatic heterocycles. The summed E-state index contributed by atoms with van der Waals surface area (Å²) in [7, 11) is 0. The summed E-state index contributed by atoms with van der Waals surface area (Å²) in [6.45, 7) is 0.148. The first-order valence-electron chi connectivity index (χ1n) is 2.18. The van der Waals surface area contributed by atoms with Crippen LogP contribution in [0.2, 0.25) is 0 Å². The van der Waals surface area contributed by atoms with Crippen LogP contribution in [-0.2, 0) is 9.53 Å². The molecule has 0 bridgehead atoms. The monoisotopic (exact) mass is 112 g/mol. The molecule has 1 fully saturated rings. The fourth-order valence-corrected chi connectivity index (χ4v) is 0.497. The van der Waals surface area contributed by atoms with Crippen LogP contribution in [0.3, 0.4) is 0 Å². The Hall–Kier alpha value is -1.15. The van der Waals surface area contributed by atoms with Gasteiger partial charge in [0.15, 0.2) is 6.61 Å². The molecule has 0 atom stereocenters. The second-order valence-corrected chi connectivity index (χ2v) is 1.50. The van der Waals surface area contributed by atoms with Crippen molar-refractivity contribution in [2.45, 2.75) is 6.42 Å². The normalized spacial score (nSPS) is 18.0. The zero-order valence-electron chi connectivity index (χ0n) is 4.13. The van der Waals surface area contributed by atoms with Crippen LogP contribution >= 0.6 is 0 Å². The van der Waals surface area contributed by atoms with Crippen LogP contribution in [0.15, 0.2) is 0 Å². The first kappa shape index (κ1) is 5.00. The van der Waals surface area contributed by atoms with Gasteiger partial charge in [0.1, 0.15) is 6.42 Å². The molecular weight excluding hydrogens is 108 g/mol. The van der Waals surface area contributed by atoms with E-state index in [9.17, 15) is 4.79 Å². The summed E-state index contributed by atoms with van der Waals surface area (Å²) < 4.78 is 4.43. The summed E-state index contributed by atoms with van der Waals surface area (Å²) in [5.74, 6) is -0.321. The van der Waals surface area contributed by atoms with Crippen molar-refractivity contribution in [1.82, 2.24) is 0 Å². The third-order valence-corrected chi connectivity index (χ3v) is 0.890. The van der Waals surface area contributed by atoms with E-state index in [-0.39, 0.29) is 19.0 Å². The van der Waals surface area contributed by atoms with Gasteiger partial charge in [-0.15, -0.1) is 0 Å². The van der Waals surface area contributed by atoms with Gasteiger partial charge < -0.3 is 10.3 Å². The molecule has 0 saturated carbocycles. The van der Waals surface area contributed by atoms with Crippen molar-refractivity contribution in [3.05, 3.63) is 5.53 Å². The number of carbonyl (C=O) groups excluding carboxylic acids is 1. The Labute approximate surface area is 45.7 Å². The lowest BCUT2D eigenvalue weighted by molar-refractivity contribution is -0.137. The number of carbonyl (C=O) groups is 1. The number of hydrogen-bond donors (Lipinski definition) is 0. The smallest absolute Gasteiger partial charge is 0.318 e. The molecule has 1 aliphatic heterocycles. The minimum absolute atomic E-state index is 0.135. The lowest BCUT2D eigenvalue weighted by atomic mass is 10.3. The summed E-state index contributed by atoms with van der Waals surface area (Å²) in [4.78, 5) is 13.0. The van der Waals surface area contributed by atoms with Gasteiger partial charge in [0, 0.05) is 0 Å². The summed E-state index contributed by atoms with van der Waals surface area (Å²) in [6.07, 6.45) is 0.135. The van der Waals surface area contributed by atoms with Gasteiger partial charge in [0.25, 0.3) is 0 Å². The van der Waals surface area contributed by atoms with Crippen molar-refractivity contribution in [1.29, 1.82) is 0 Å². The maximum Gasteiger partial charge on any atom is 0.318 e. The minimum atomic E-state index is -0.321. The predicted molar refractivity (Wildman–Crippen MR) is 24.2 cm³/mol. The zero-order valence-corrected chi connectivity index (χ0v) is 4.13. The van der Waals surface area contributed by atoms with Crippen molar-refractivity contribution < 1.29 is 14.3 Å². The van der Waals surface area contributed by atoms with Crippen molar-refractivity contribution in [3.8, 4) is 0 Å². The molecule has 42 valence electrons. The highest BCUT2D eigenvalue weighted by molar-refractivity contribution is 6.01. The van der Waals surface area contributed by atoms with Crippen molar-refractivity contribution in [2.24, 2.45) is 0 Å². The highest BCUT2D eigenvalue weighted by Crippen LogP contribution is 1.97. The molecule has 0 radical (unpaired) electrons. The molecule has 0 aromatic rings. The Morgan fingerprint density at radius 3 is 2.75 bits per heavy atom. The molecule has 1 heterocycles. The molecule has 0 spiro atoms. The minimum Gasteiger partial charge on any atom is -0.453 e. The van der Waals surface area contributed by atoms with E-state index in [1.165, 1.54) is 0 Å². The molecule has 1 rings (SSSR count). The quantitative estimate of drug-likeness (QED) is 0.243. The lowest BCUT2D eigenvalue weighted by Crippen LogP contribution is -1.95. The predicted octanol–water partition coefficient (Wildman–Crippen LogP) is -0.396. The van der Waals surface area contributed by atoms with Gasteiger partial charge in [-0.25, -0.2) is 0 Å². The molecule has 0 aliphatic carbocycles. The third kappa shape index (κ3) is 0.741. The SMILES string of the molecule is [N-]=[N+]=C1COC(=O)C1. The molecule has 4 heteroatoms. The molecule has 0 N–H and O–H groups in total. The van der Waals surface area contributed by atoms with Crippen LogP contribution in [0, 0.1) is 0 Å². The molecular formula is C4H4N2O2. The van der Waals surface area contributed by atoms with Crippen LogP contribution < -0.4 is 0 Å². The number of ether oxygens (including phenoxy) is 1. The van der Waals surface area contributed by atoms with Gasteiger partial charge in [-0.05, 0) is 0 Å². The van der Waals surface area contributed by atoms with E-state index in [1.807, 2.05) is 0 Å². The summed E-state index contributed by atoms with van der Waals surface area (Å²) in [5, 5.41) is 0. The molecule has 4 nitrogen and oxygen atoms in total. The van der Waals surface area contributed by atoms with E-state index in [0.717, 1.165) is 0 Å². The van der Waals surface area contributed by atoms with Gasteiger partial charge in [-0.1, -0.05) is 0 Å². The van der Waals surface area contributed by atoms with Gasteiger partial charge in [-0.3, -0.25) is 4.79 Å². The number of rotatable bonds is 0. The number of nitrogens with zero attached hydrogens (tertiary/aromatic N) is 2. The first-order valence-corrected chi connectivity index (χ1v) is 2.18. The Morgan fingerprint density at radius 2 is 2.50 bits per heavy atom. The second kappa shape index (κ2) is 1.76. The van der Waals surface area contributed by atoms with E-state index in [4.69, 9.17) is 5.53 Å². The fraction of sp³-hybridized carbons (Fsp3) is 0.500. The Balaban J connectivity index is 2.70. The molecule has 1 saturated heterocycles. The summed E-state index contributed by atoms with van der Waals surface area (Å²) in [6, 6.07) is 0. The Morgan fingerprint density at radius 1 is 1.75 bits per heavy atom. The van der Waals surface area contributed by atoms with Crippen LogP contribution in [0.4, 0.5) is 0 Å². The summed E-state index contributed by atoms with van der Waals surface area (Å²) >= 11 is 0. The molecule has 1 aliphatic rings. The summed E-state index contributed by atoms with van der Waals surface area (Å²) in [5.41, 5.74) is 8.44. The average molecular weight is 112 g/mol. The molecule has 0 amide bonds. The van der Waals surface area contributed by atoms with E-state index in [2.05, 4.69) is 9.53 Å². The van der Waals surface area contributed by atoms with Crippen molar-refractivity contribution in [3.63, 3.8) is 0 Å². The first-order chi connectivity index (χ1) is 3.83. The van der Waals surface area contributed by atoms with E-state index in [1.54, 1.807) is 0 Å². The number of esters is 1. The number of cyclic esters (lactones) is 1. The third-order valence-electron chi connectivity index (χ3n) is 0.890. The number of hydrogen-bond acceptors (Lipinski definition) is 2. The maximum atomic E-state index is 10.2. The zero-order chi connectivity index (χ0) is 5.98. The average Bonchev–Trinajstić information content (AvgIpc) is 2.14. The fourth-order valence-electron chi connectivity index (χ4n) is 0.497. The second-order valence-electron chi connectivity index (χ2n) is 1.50. The van der Waals surface area contributed by atoms with E-state index in [0.29, 0.717) is 5.71 Å². The Kier molecular flexibility index (Phi) is 1.10. The largest absolute Gasteiger partial charge is 0.453 e. The Bertz CT molecular complexity index is 169. The van der Waals surface area contributed by atoms with Gasteiger partial charge in [-0.2, -0.15) is 4.79 Å².